The van der Waals surface area contributed by atoms with Crippen LogP contribution >= 0.6 is 0 Å². The van der Waals surface area contributed by atoms with Gasteiger partial charge in [-0.3, -0.25) is 0 Å². The predicted molar refractivity (Wildman–Crippen MR) is 336 cm³/mol. The summed E-state index contributed by atoms with van der Waals surface area (Å²) in [5, 5.41) is 2.24. The third-order valence-corrected chi connectivity index (χ3v) is 17.0. The topological polar surface area (TPSA) is 38.1 Å². The number of anilines is 6. The van der Waals surface area contributed by atoms with Gasteiger partial charge in [-0.1, -0.05) is 190 Å². The van der Waals surface area contributed by atoms with Crippen molar-refractivity contribution in [3.05, 3.63) is 222 Å². The van der Waals surface area contributed by atoms with Gasteiger partial charge < -0.3 is 23.7 Å². The number of hydrogen-bond acceptors (Lipinski definition) is 5. The molecule has 10 aromatic carbocycles. The lowest BCUT2D eigenvalue weighted by Gasteiger charge is -2.45. The lowest BCUT2D eigenvalue weighted by Crippen LogP contribution is -2.61. The van der Waals surface area contributed by atoms with E-state index in [9.17, 15) is 0 Å². The van der Waals surface area contributed by atoms with Crippen molar-refractivity contribution in [3.8, 4) is 56.0 Å². The van der Waals surface area contributed by atoms with E-state index in [0.717, 1.165) is 107 Å². The van der Waals surface area contributed by atoms with Crippen molar-refractivity contribution in [3.63, 3.8) is 0 Å². The number of para-hydroxylation sites is 1. The highest BCUT2D eigenvalue weighted by Crippen LogP contribution is 2.54. The molecular formula is C74H65BN2O3. The Morgan fingerprint density at radius 3 is 1.66 bits per heavy atom. The van der Waals surface area contributed by atoms with Crippen molar-refractivity contribution in [2.75, 3.05) is 16.6 Å². The summed E-state index contributed by atoms with van der Waals surface area (Å²) < 4.78 is 19.4. The zero-order valence-electron chi connectivity index (χ0n) is 47.5. The van der Waals surface area contributed by atoms with Gasteiger partial charge in [-0.2, -0.15) is 0 Å². The van der Waals surface area contributed by atoms with Gasteiger partial charge >= 0.3 is 0 Å². The first-order chi connectivity index (χ1) is 38.4. The van der Waals surface area contributed by atoms with E-state index in [1.54, 1.807) is 0 Å². The summed E-state index contributed by atoms with van der Waals surface area (Å²) in [5.41, 5.74) is 26.1. The maximum Gasteiger partial charge on any atom is 0.252 e. The van der Waals surface area contributed by atoms with Crippen LogP contribution in [-0.4, -0.2) is 13.5 Å². The van der Waals surface area contributed by atoms with Gasteiger partial charge in [-0.25, -0.2) is 0 Å². The summed E-state index contributed by atoms with van der Waals surface area (Å²) in [5.74, 6) is 1.49. The van der Waals surface area contributed by atoms with E-state index in [1.807, 2.05) is 6.07 Å². The lowest BCUT2D eigenvalue weighted by atomic mass is 9.33. The quantitative estimate of drug-likeness (QED) is 0.155. The maximum absolute atomic E-state index is 6.61. The molecular weight excluding hydrogens is 976 g/mol. The van der Waals surface area contributed by atoms with Gasteiger partial charge in [0.25, 0.3) is 6.71 Å². The molecule has 80 heavy (non-hydrogen) atoms. The van der Waals surface area contributed by atoms with Crippen molar-refractivity contribution >= 4 is 79.2 Å². The first-order valence-electron chi connectivity index (χ1n) is 28.2. The Kier molecular flexibility index (Phi) is 11.2. The van der Waals surface area contributed by atoms with Gasteiger partial charge in [0.2, 0.25) is 6.79 Å². The Labute approximate surface area is 471 Å². The molecule has 0 N–H and O–H groups in total. The number of aryl methyl sites for hydroxylation is 1. The van der Waals surface area contributed by atoms with E-state index in [2.05, 4.69) is 273 Å². The van der Waals surface area contributed by atoms with E-state index >= 15 is 0 Å². The number of fused-ring (bicyclic) bond motifs is 8. The van der Waals surface area contributed by atoms with E-state index in [4.69, 9.17) is 13.9 Å². The van der Waals surface area contributed by atoms with E-state index < -0.39 is 0 Å². The average Bonchev–Trinajstić information content (AvgIpc) is 4.13. The van der Waals surface area contributed by atoms with Crippen LogP contribution in [0, 0.1) is 6.92 Å². The van der Waals surface area contributed by atoms with Crippen LogP contribution in [0.5, 0.6) is 11.5 Å². The SMILES string of the molecule is Cc1cc2c3c(c1)N(c1c(-c4ccccc4)ccc4c1OCO4)c1ccc(C(C)(C)C)cc1B3c1ccc(-c3ccc4c(c3)oc3ccccc34)cc1N2c1cc(-c2ccc(C(C)(C)C)cc2)cc(-c2ccc(C(C)(C)C)cc2)c1. The molecule has 4 heterocycles. The minimum atomic E-state index is -0.126. The second-order valence-corrected chi connectivity index (χ2v) is 25.4. The molecule has 0 unspecified atom stereocenters. The number of nitrogens with zero attached hydrogens (tertiary/aromatic N) is 2. The number of ether oxygens (including phenoxy) is 2. The Morgan fingerprint density at radius 2 is 0.988 bits per heavy atom. The molecule has 0 saturated heterocycles. The molecule has 0 fully saturated rings. The average molecular weight is 1040 g/mol. The minimum Gasteiger partial charge on any atom is -0.456 e. The van der Waals surface area contributed by atoms with Crippen LogP contribution in [0.15, 0.2) is 205 Å². The molecule has 0 bridgehead atoms. The number of rotatable bonds is 6. The van der Waals surface area contributed by atoms with E-state index in [-0.39, 0.29) is 29.8 Å². The van der Waals surface area contributed by atoms with Gasteiger partial charge in [0.1, 0.15) is 16.9 Å². The molecule has 0 saturated carbocycles. The molecule has 5 nitrogen and oxygen atoms in total. The Hall–Kier alpha value is -8.74. The summed E-state index contributed by atoms with van der Waals surface area (Å²) in [6, 6.07) is 74.9. The van der Waals surface area contributed by atoms with Crippen molar-refractivity contribution in [1.29, 1.82) is 0 Å². The summed E-state index contributed by atoms with van der Waals surface area (Å²) in [6.07, 6.45) is 0. The zero-order valence-corrected chi connectivity index (χ0v) is 47.5. The first kappa shape index (κ1) is 49.6. The minimum absolute atomic E-state index is 0.0201. The number of hydrogen-bond donors (Lipinski definition) is 0. The van der Waals surface area contributed by atoms with Crippen LogP contribution in [0.1, 0.15) is 84.6 Å². The maximum atomic E-state index is 6.61. The van der Waals surface area contributed by atoms with Gasteiger partial charge in [-0.05, 0) is 174 Å². The third kappa shape index (κ3) is 8.21. The smallest absolute Gasteiger partial charge is 0.252 e. The van der Waals surface area contributed by atoms with Crippen LogP contribution in [0.4, 0.5) is 34.1 Å². The van der Waals surface area contributed by atoms with Gasteiger partial charge in [0, 0.05) is 44.8 Å². The second-order valence-electron chi connectivity index (χ2n) is 25.4. The van der Waals surface area contributed by atoms with Crippen molar-refractivity contribution in [2.45, 2.75) is 85.5 Å². The summed E-state index contributed by atoms with van der Waals surface area (Å²) in [4.78, 5) is 5.07. The predicted octanol–water partition coefficient (Wildman–Crippen LogP) is 18.3. The molecule has 11 aromatic rings. The zero-order chi connectivity index (χ0) is 55.0. The number of benzene rings is 10. The molecule has 6 heteroatoms. The van der Waals surface area contributed by atoms with Gasteiger partial charge in [0.05, 0.1) is 0 Å². The molecule has 14 rings (SSSR count). The van der Waals surface area contributed by atoms with Crippen LogP contribution in [0.25, 0.3) is 66.4 Å². The highest BCUT2D eigenvalue weighted by Gasteiger charge is 2.45. The fraction of sp³-hybridized carbons (Fsp3) is 0.189. The Morgan fingerprint density at radius 1 is 0.400 bits per heavy atom. The van der Waals surface area contributed by atoms with E-state index in [0.29, 0.717) is 0 Å². The van der Waals surface area contributed by atoms with Crippen LogP contribution < -0.4 is 35.7 Å². The molecule has 0 amide bonds. The Balaban J connectivity index is 1.07. The molecule has 0 atom stereocenters. The van der Waals surface area contributed by atoms with Crippen molar-refractivity contribution in [2.24, 2.45) is 0 Å². The van der Waals surface area contributed by atoms with Gasteiger partial charge in [0.15, 0.2) is 11.5 Å². The first-order valence-corrected chi connectivity index (χ1v) is 28.2. The van der Waals surface area contributed by atoms with Crippen LogP contribution in [-0.2, 0) is 16.2 Å². The summed E-state index contributed by atoms with van der Waals surface area (Å²) >= 11 is 0. The monoisotopic (exact) mass is 1040 g/mol. The fourth-order valence-electron chi connectivity index (χ4n) is 12.6. The highest BCUT2D eigenvalue weighted by molar-refractivity contribution is 7.00. The molecule has 3 aliphatic rings. The van der Waals surface area contributed by atoms with Crippen LogP contribution in [0.3, 0.4) is 0 Å². The molecule has 1 aromatic heterocycles. The summed E-state index contributed by atoms with van der Waals surface area (Å²) in [7, 11) is 0. The third-order valence-electron chi connectivity index (χ3n) is 17.0. The largest absolute Gasteiger partial charge is 0.456 e. The van der Waals surface area contributed by atoms with E-state index in [1.165, 1.54) is 44.2 Å². The van der Waals surface area contributed by atoms with Crippen molar-refractivity contribution < 1.29 is 13.9 Å². The number of furan rings is 1. The summed E-state index contributed by atoms with van der Waals surface area (Å²) in [6.45, 7) is 22.9. The standard InChI is InChI=1S/C74H65BN2O3/c1-45-36-64-69-65(37-45)77(70-57(48-16-12-11-13-17-48)32-35-67-71(70)79-44-78-67)62-34-30-55(74(8,9)10)43-61(62)75(69)60-33-25-49(50-24-31-59-58-18-14-15-19-66(58)80-68(59)42-50)41-63(60)76(64)56-39-51(46-20-26-53(27-21-46)72(2,3)4)38-52(40-56)47-22-28-54(29-23-47)73(5,6)7/h11-43H,44H2,1-10H3. The van der Waals surface area contributed by atoms with Crippen molar-refractivity contribution in [1.82, 2.24) is 0 Å². The molecule has 3 aliphatic heterocycles. The Bertz CT molecular complexity index is 4210. The molecule has 392 valence electrons. The van der Waals surface area contributed by atoms with Gasteiger partial charge in [-0.15, -0.1) is 0 Å². The fourth-order valence-corrected chi connectivity index (χ4v) is 12.6. The normalized spacial score (nSPS) is 13.7. The molecule has 0 spiro atoms. The second kappa shape index (κ2) is 18.2. The highest BCUT2D eigenvalue weighted by atomic mass is 16.7. The van der Waals surface area contributed by atoms with Crippen LogP contribution in [0.2, 0.25) is 0 Å². The molecule has 0 radical (unpaired) electrons. The lowest BCUT2D eigenvalue weighted by molar-refractivity contribution is 0.174. The molecule has 0 aliphatic carbocycles.